The van der Waals surface area contributed by atoms with Crippen LogP contribution in [0.2, 0.25) is 0 Å². The first-order valence-corrected chi connectivity index (χ1v) is 4.36. The van der Waals surface area contributed by atoms with E-state index >= 15 is 0 Å². The van der Waals surface area contributed by atoms with Crippen molar-refractivity contribution >= 4 is 0 Å². The first kappa shape index (κ1) is 9.55. The zero-order valence-corrected chi connectivity index (χ0v) is 7.79. The topological polar surface area (TPSA) is 32.7 Å². The highest BCUT2D eigenvalue weighted by molar-refractivity contribution is 5.03. The van der Waals surface area contributed by atoms with Crippen molar-refractivity contribution in [2.24, 2.45) is 0 Å². The van der Waals surface area contributed by atoms with Crippen molar-refractivity contribution in [1.82, 2.24) is 4.90 Å². The summed E-state index contributed by atoms with van der Waals surface area (Å²) in [7, 11) is 3.99. The van der Waals surface area contributed by atoms with Crippen LogP contribution in [-0.2, 0) is 4.74 Å². The van der Waals surface area contributed by atoms with Crippen LogP contribution in [0.5, 0.6) is 0 Å². The maximum atomic E-state index is 9.58. The van der Waals surface area contributed by atoms with E-state index in [-0.39, 0.29) is 0 Å². The maximum absolute atomic E-state index is 9.58. The highest BCUT2D eigenvalue weighted by atomic mass is 16.5. The summed E-state index contributed by atoms with van der Waals surface area (Å²) < 4.78 is 5.24. The van der Waals surface area contributed by atoms with E-state index in [4.69, 9.17) is 4.74 Å². The number of hydrogen-bond acceptors (Lipinski definition) is 3. The smallest absolute Gasteiger partial charge is 0.121 e. The Hall–Kier alpha value is -0.540. The molecule has 0 aromatic heterocycles. The molecular weight excluding hydrogens is 154 g/mol. The number of ether oxygens (including phenoxy) is 1. The van der Waals surface area contributed by atoms with Gasteiger partial charge in [0.2, 0.25) is 0 Å². The third-order valence-corrected chi connectivity index (χ3v) is 1.91. The van der Waals surface area contributed by atoms with Crippen LogP contribution in [0.4, 0.5) is 0 Å². The third kappa shape index (κ3) is 2.83. The van der Waals surface area contributed by atoms with Crippen LogP contribution in [0, 0.1) is 0 Å². The quantitative estimate of drug-likeness (QED) is 0.672. The Morgan fingerprint density at radius 3 is 2.92 bits per heavy atom. The van der Waals surface area contributed by atoms with Crippen molar-refractivity contribution in [2.75, 3.05) is 27.2 Å². The van der Waals surface area contributed by atoms with Crippen LogP contribution in [0.3, 0.4) is 0 Å². The fourth-order valence-electron chi connectivity index (χ4n) is 1.19. The van der Waals surface area contributed by atoms with Gasteiger partial charge in [0.15, 0.2) is 0 Å². The van der Waals surface area contributed by atoms with Gasteiger partial charge in [-0.15, -0.1) is 0 Å². The second-order valence-corrected chi connectivity index (χ2v) is 3.35. The van der Waals surface area contributed by atoms with Gasteiger partial charge in [0.1, 0.15) is 11.9 Å². The Kier molecular flexibility index (Phi) is 3.56. The summed E-state index contributed by atoms with van der Waals surface area (Å²) in [4.78, 5) is 2.05. The molecule has 0 bridgehead atoms. The summed E-state index contributed by atoms with van der Waals surface area (Å²) in [6.07, 6.45) is 3.25. The zero-order chi connectivity index (χ0) is 8.97. The normalized spacial score (nSPS) is 19.2. The van der Waals surface area contributed by atoms with E-state index in [1.165, 1.54) is 0 Å². The predicted octanol–water partition coefficient (Wildman–Crippen LogP) is 0.603. The monoisotopic (exact) mass is 171 g/mol. The van der Waals surface area contributed by atoms with E-state index in [0.29, 0.717) is 0 Å². The largest absolute Gasteiger partial charge is 0.495 e. The highest BCUT2D eigenvalue weighted by Gasteiger charge is 2.15. The summed E-state index contributed by atoms with van der Waals surface area (Å²) in [5.41, 5.74) is 0. The minimum Gasteiger partial charge on any atom is -0.495 e. The number of aliphatic hydroxyl groups excluding tert-OH is 1. The number of rotatable bonds is 4. The summed E-state index contributed by atoms with van der Waals surface area (Å²) in [5.74, 6) is 0.761. The molecule has 0 fully saturated rings. The Labute approximate surface area is 73.6 Å². The first-order chi connectivity index (χ1) is 5.70. The van der Waals surface area contributed by atoms with Gasteiger partial charge in [-0.05, 0) is 26.6 Å². The molecule has 1 atom stereocenters. The molecule has 70 valence electrons. The molecule has 0 saturated heterocycles. The molecule has 1 aliphatic heterocycles. The molecule has 3 nitrogen and oxygen atoms in total. The first-order valence-electron chi connectivity index (χ1n) is 4.36. The fraction of sp³-hybridized carbons (Fsp3) is 0.778. The van der Waals surface area contributed by atoms with Gasteiger partial charge in [0.05, 0.1) is 6.61 Å². The van der Waals surface area contributed by atoms with Crippen molar-refractivity contribution in [2.45, 2.75) is 18.9 Å². The van der Waals surface area contributed by atoms with Gasteiger partial charge in [-0.3, -0.25) is 0 Å². The molecule has 0 saturated carbocycles. The lowest BCUT2D eigenvalue weighted by atomic mass is 10.2. The molecular formula is C9H17NO2. The average molecular weight is 171 g/mol. The molecule has 1 heterocycles. The van der Waals surface area contributed by atoms with E-state index in [1.54, 1.807) is 0 Å². The van der Waals surface area contributed by atoms with Crippen molar-refractivity contribution in [3.05, 3.63) is 11.8 Å². The molecule has 12 heavy (non-hydrogen) atoms. The van der Waals surface area contributed by atoms with Crippen LogP contribution >= 0.6 is 0 Å². The highest BCUT2D eigenvalue weighted by Crippen LogP contribution is 2.15. The van der Waals surface area contributed by atoms with Gasteiger partial charge >= 0.3 is 0 Å². The Morgan fingerprint density at radius 2 is 2.42 bits per heavy atom. The van der Waals surface area contributed by atoms with Crippen LogP contribution in [0.15, 0.2) is 11.8 Å². The van der Waals surface area contributed by atoms with Gasteiger partial charge < -0.3 is 14.7 Å². The lowest BCUT2D eigenvalue weighted by molar-refractivity contribution is 0.106. The summed E-state index contributed by atoms with van der Waals surface area (Å²) in [6.45, 7) is 1.62. The van der Waals surface area contributed by atoms with Crippen LogP contribution in [0.1, 0.15) is 12.8 Å². The third-order valence-electron chi connectivity index (χ3n) is 1.91. The lowest BCUT2D eigenvalue weighted by Gasteiger charge is -2.14. The molecule has 0 aromatic rings. The second kappa shape index (κ2) is 4.48. The number of hydrogen-bond donors (Lipinski definition) is 1. The SMILES string of the molecule is CN(C)CCC(O)C1=CCCO1. The molecule has 0 aromatic carbocycles. The van der Waals surface area contributed by atoms with Crippen LogP contribution < -0.4 is 0 Å². The predicted molar refractivity (Wildman–Crippen MR) is 47.8 cm³/mol. The molecule has 1 unspecified atom stereocenters. The summed E-state index contributed by atoms with van der Waals surface area (Å²) in [6, 6.07) is 0. The maximum Gasteiger partial charge on any atom is 0.121 e. The van der Waals surface area contributed by atoms with Gasteiger partial charge in [0, 0.05) is 13.0 Å². The van der Waals surface area contributed by atoms with Crippen molar-refractivity contribution in [1.29, 1.82) is 0 Å². The Morgan fingerprint density at radius 1 is 1.67 bits per heavy atom. The molecule has 0 spiro atoms. The molecule has 0 aliphatic carbocycles. The van der Waals surface area contributed by atoms with Crippen LogP contribution in [-0.4, -0.2) is 43.4 Å². The van der Waals surface area contributed by atoms with Crippen molar-refractivity contribution in [3.63, 3.8) is 0 Å². The van der Waals surface area contributed by atoms with E-state index in [0.717, 1.165) is 31.8 Å². The van der Waals surface area contributed by atoms with Crippen molar-refractivity contribution in [3.8, 4) is 0 Å². The molecule has 3 heteroatoms. The summed E-state index contributed by atoms with van der Waals surface area (Å²) >= 11 is 0. The van der Waals surface area contributed by atoms with Gasteiger partial charge in [0.25, 0.3) is 0 Å². The summed E-state index contributed by atoms with van der Waals surface area (Å²) in [5, 5.41) is 9.58. The Balaban J connectivity index is 2.23. The molecule has 1 N–H and O–H groups in total. The van der Waals surface area contributed by atoms with Crippen molar-refractivity contribution < 1.29 is 9.84 Å². The van der Waals surface area contributed by atoms with E-state index in [2.05, 4.69) is 4.90 Å². The average Bonchev–Trinajstić information content (AvgIpc) is 2.51. The minimum atomic E-state index is -0.408. The van der Waals surface area contributed by atoms with E-state index in [9.17, 15) is 5.11 Å². The van der Waals surface area contributed by atoms with E-state index in [1.807, 2.05) is 20.2 Å². The van der Waals surface area contributed by atoms with Crippen LogP contribution in [0.25, 0.3) is 0 Å². The van der Waals surface area contributed by atoms with Gasteiger partial charge in [-0.25, -0.2) is 0 Å². The molecule has 0 radical (unpaired) electrons. The van der Waals surface area contributed by atoms with E-state index < -0.39 is 6.10 Å². The van der Waals surface area contributed by atoms with Gasteiger partial charge in [-0.2, -0.15) is 0 Å². The molecule has 1 aliphatic rings. The molecule has 1 rings (SSSR count). The zero-order valence-electron chi connectivity index (χ0n) is 7.79. The fourth-order valence-corrected chi connectivity index (χ4v) is 1.19. The number of aliphatic hydroxyl groups is 1. The lowest BCUT2D eigenvalue weighted by Crippen LogP contribution is -2.20. The van der Waals surface area contributed by atoms with Gasteiger partial charge in [-0.1, -0.05) is 0 Å². The molecule has 0 amide bonds. The standard InChI is InChI=1S/C9H17NO2/c1-10(2)6-5-8(11)9-4-3-7-12-9/h4,8,11H,3,5-7H2,1-2H3. The number of nitrogens with zero attached hydrogens (tertiary/aromatic N) is 1. The Bertz CT molecular complexity index is 166. The minimum absolute atomic E-state index is 0.408. The second-order valence-electron chi connectivity index (χ2n) is 3.35.